The summed E-state index contributed by atoms with van der Waals surface area (Å²) in [5.41, 5.74) is 0.0800. The van der Waals surface area contributed by atoms with E-state index in [-0.39, 0.29) is 35.7 Å². The van der Waals surface area contributed by atoms with E-state index in [0.717, 1.165) is 37.7 Å². The number of nitrogens with one attached hydrogen (secondary N) is 2. The molecule has 2 N–H and O–H groups in total. The van der Waals surface area contributed by atoms with Gasteiger partial charge in [-0.1, -0.05) is 83.0 Å². The molecule has 0 aromatic heterocycles. The molecule has 5 atom stereocenters. The lowest BCUT2D eigenvalue weighted by molar-refractivity contribution is -0.148. The van der Waals surface area contributed by atoms with Crippen molar-refractivity contribution in [3.05, 3.63) is 61.2 Å². The van der Waals surface area contributed by atoms with E-state index < -0.39 is 35.6 Å². The van der Waals surface area contributed by atoms with Crippen LogP contribution >= 0.6 is 0 Å². The topological polar surface area (TPSA) is 114 Å². The van der Waals surface area contributed by atoms with Gasteiger partial charge in [0.25, 0.3) is 0 Å². The summed E-state index contributed by atoms with van der Waals surface area (Å²) in [4.78, 5) is 55.8. The fraction of sp³-hybridized carbons (Fsp3) is 0.611. The van der Waals surface area contributed by atoms with Crippen molar-refractivity contribution >= 4 is 23.9 Å². The minimum Gasteiger partial charge on any atom is -0.467 e. The summed E-state index contributed by atoms with van der Waals surface area (Å²) in [6, 6.07) is 6.85. The molecule has 1 aromatic rings. The summed E-state index contributed by atoms with van der Waals surface area (Å²) in [5, 5.41) is 5.79. The zero-order valence-electron chi connectivity index (χ0n) is 27.8. The Morgan fingerprint density at radius 3 is 2.29 bits per heavy atom. The number of methoxy groups -OCH3 is 1. The standard InChI is InChI=1S/C36H53N3O6/c1-8-10-12-17-21-27(33(42)44-7)37-31(40)29-28-26(36(28,5)6)23-39(29)32(41)30(35(3,4)22-18-13-11-9-2)38-34(43)45-24-25-19-15-14-16-20-25/h8-9,14-16,19-20,26-30H,1-2,10-13,17-18,21-24H2,3-7H3,(H,37,40)(H,38,43)/t26?,27-,28-,29?,30?/m0/s1. The van der Waals surface area contributed by atoms with Crippen molar-refractivity contribution in [1.82, 2.24) is 15.5 Å². The zero-order chi connectivity index (χ0) is 33.2. The van der Waals surface area contributed by atoms with Gasteiger partial charge < -0.3 is 25.0 Å². The van der Waals surface area contributed by atoms with Gasteiger partial charge in [0.15, 0.2) is 0 Å². The van der Waals surface area contributed by atoms with E-state index in [1.54, 1.807) is 4.90 Å². The minimum atomic E-state index is -0.921. The second-order valence-corrected chi connectivity index (χ2v) is 13.7. The van der Waals surface area contributed by atoms with E-state index in [9.17, 15) is 19.2 Å². The summed E-state index contributed by atoms with van der Waals surface area (Å²) in [7, 11) is 1.31. The van der Waals surface area contributed by atoms with Gasteiger partial charge in [-0.15, -0.1) is 13.2 Å². The van der Waals surface area contributed by atoms with E-state index in [0.29, 0.717) is 25.8 Å². The monoisotopic (exact) mass is 623 g/mol. The number of alkyl carbamates (subject to hydrolysis) is 1. The smallest absolute Gasteiger partial charge is 0.408 e. The number of fused-ring (bicyclic) bond motifs is 1. The summed E-state index contributed by atoms with van der Waals surface area (Å²) >= 11 is 0. The second-order valence-electron chi connectivity index (χ2n) is 13.7. The third-order valence-corrected chi connectivity index (χ3v) is 9.70. The molecule has 1 saturated carbocycles. The molecule has 3 unspecified atom stereocenters. The Morgan fingerprint density at radius 1 is 1.02 bits per heavy atom. The van der Waals surface area contributed by atoms with Crippen LogP contribution in [0.5, 0.6) is 0 Å². The van der Waals surface area contributed by atoms with E-state index in [1.165, 1.54) is 7.11 Å². The van der Waals surface area contributed by atoms with E-state index >= 15 is 0 Å². The highest BCUT2D eigenvalue weighted by molar-refractivity contribution is 5.95. The number of carbonyl (C=O) groups is 4. The average Bonchev–Trinajstić information content (AvgIpc) is 3.33. The molecular formula is C36H53N3O6. The molecule has 0 radical (unpaired) electrons. The molecule has 1 saturated heterocycles. The Labute approximate surface area is 269 Å². The van der Waals surface area contributed by atoms with Crippen molar-refractivity contribution in [2.45, 2.75) is 104 Å². The number of piperidine rings is 1. The molecule has 248 valence electrons. The highest BCUT2D eigenvalue weighted by Crippen LogP contribution is 2.65. The number of nitrogens with zero attached hydrogens (tertiary/aromatic N) is 1. The Morgan fingerprint density at radius 2 is 1.67 bits per heavy atom. The largest absolute Gasteiger partial charge is 0.467 e. The fourth-order valence-electron chi connectivity index (χ4n) is 6.75. The predicted molar refractivity (Wildman–Crippen MR) is 175 cm³/mol. The van der Waals surface area contributed by atoms with Gasteiger partial charge in [0.05, 0.1) is 7.11 Å². The Balaban J connectivity index is 1.83. The number of benzene rings is 1. The SMILES string of the molecule is C=CCCCC[C@H](NC(=O)C1[C@@H]2C(CN1C(=O)C(NC(=O)OCc1ccccc1)C(C)(C)CCCCC=C)C2(C)C)C(=O)OC. The number of allylic oxidation sites excluding steroid dienone is 2. The quantitative estimate of drug-likeness (QED) is 0.119. The third-order valence-electron chi connectivity index (χ3n) is 9.70. The van der Waals surface area contributed by atoms with Crippen molar-refractivity contribution in [3.63, 3.8) is 0 Å². The molecule has 1 aliphatic heterocycles. The van der Waals surface area contributed by atoms with Gasteiger partial charge in [0.1, 0.15) is 24.7 Å². The summed E-state index contributed by atoms with van der Waals surface area (Å²) < 4.78 is 10.5. The first kappa shape index (κ1) is 35.9. The lowest BCUT2D eigenvalue weighted by Crippen LogP contribution is -2.60. The first-order valence-corrected chi connectivity index (χ1v) is 16.3. The summed E-state index contributed by atoms with van der Waals surface area (Å²) in [5.74, 6) is -1.10. The number of unbranched alkanes of at least 4 members (excludes halogenated alkanes) is 4. The van der Waals surface area contributed by atoms with Crippen LogP contribution in [-0.4, -0.2) is 60.6 Å². The van der Waals surface area contributed by atoms with Gasteiger partial charge in [0, 0.05) is 6.54 Å². The van der Waals surface area contributed by atoms with Crippen LogP contribution in [0, 0.1) is 22.7 Å². The van der Waals surface area contributed by atoms with Crippen LogP contribution in [0.25, 0.3) is 0 Å². The second kappa shape index (κ2) is 16.1. The number of rotatable bonds is 18. The van der Waals surface area contributed by atoms with Crippen molar-refractivity contribution in [1.29, 1.82) is 0 Å². The number of ether oxygens (including phenoxy) is 2. The van der Waals surface area contributed by atoms with Crippen molar-refractivity contribution in [2.24, 2.45) is 22.7 Å². The number of carbonyl (C=O) groups excluding carboxylic acids is 4. The van der Waals surface area contributed by atoms with Crippen molar-refractivity contribution < 1.29 is 28.7 Å². The Hall–Kier alpha value is -3.62. The van der Waals surface area contributed by atoms with E-state index in [2.05, 4.69) is 37.6 Å². The van der Waals surface area contributed by atoms with Gasteiger partial charge in [-0.05, 0) is 66.8 Å². The Bertz CT molecular complexity index is 1200. The fourth-order valence-corrected chi connectivity index (χ4v) is 6.75. The molecule has 3 amide bonds. The number of esters is 1. The molecule has 9 nitrogen and oxygen atoms in total. The van der Waals surface area contributed by atoms with Crippen LogP contribution in [-0.2, 0) is 30.5 Å². The summed E-state index contributed by atoms with van der Waals surface area (Å²) in [6.07, 6.45) is 9.12. The number of amides is 3. The van der Waals surface area contributed by atoms with Gasteiger partial charge >= 0.3 is 12.1 Å². The van der Waals surface area contributed by atoms with Crippen molar-refractivity contribution in [2.75, 3.05) is 13.7 Å². The normalized spacial score (nSPS) is 21.1. The molecular weight excluding hydrogens is 570 g/mol. The highest BCUT2D eigenvalue weighted by atomic mass is 16.5. The zero-order valence-corrected chi connectivity index (χ0v) is 27.8. The highest BCUT2D eigenvalue weighted by Gasteiger charge is 2.70. The van der Waals surface area contributed by atoms with Crippen LogP contribution in [0.2, 0.25) is 0 Å². The van der Waals surface area contributed by atoms with Crippen LogP contribution in [0.3, 0.4) is 0 Å². The van der Waals surface area contributed by atoms with Crippen LogP contribution in [0.1, 0.15) is 84.6 Å². The first-order valence-electron chi connectivity index (χ1n) is 16.3. The average molecular weight is 624 g/mol. The molecule has 2 aliphatic rings. The van der Waals surface area contributed by atoms with Crippen molar-refractivity contribution in [3.8, 4) is 0 Å². The van der Waals surface area contributed by atoms with Gasteiger partial charge in [-0.25, -0.2) is 9.59 Å². The van der Waals surface area contributed by atoms with E-state index in [1.807, 2.05) is 56.3 Å². The maximum atomic E-state index is 14.5. The molecule has 0 spiro atoms. The number of likely N-dealkylation sites (tertiary alicyclic amines) is 1. The number of hydrogen-bond donors (Lipinski definition) is 2. The van der Waals surface area contributed by atoms with E-state index in [4.69, 9.17) is 9.47 Å². The molecule has 0 bridgehead atoms. The van der Waals surface area contributed by atoms with Gasteiger partial charge in [0.2, 0.25) is 11.8 Å². The lowest BCUT2D eigenvalue weighted by Gasteiger charge is -2.39. The van der Waals surface area contributed by atoms with Crippen LogP contribution < -0.4 is 10.6 Å². The van der Waals surface area contributed by atoms with Gasteiger partial charge in [-0.3, -0.25) is 9.59 Å². The maximum Gasteiger partial charge on any atom is 0.408 e. The molecule has 9 heteroatoms. The molecule has 2 fully saturated rings. The summed E-state index contributed by atoms with van der Waals surface area (Å²) in [6.45, 7) is 16.2. The minimum absolute atomic E-state index is 0.0538. The molecule has 3 rings (SSSR count). The number of hydrogen-bond acceptors (Lipinski definition) is 6. The molecule has 45 heavy (non-hydrogen) atoms. The molecule has 1 heterocycles. The maximum absolute atomic E-state index is 14.5. The third kappa shape index (κ3) is 9.21. The van der Waals surface area contributed by atoms with Gasteiger partial charge in [-0.2, -0.15) is 0 Å². The molecule has 1 aromatic carbocycles. The lowest BCUT2D eigenvalue weighted by atomic mass is 9.78. The van der Waals surface area contributed by atoms with Crippen LogP contribution in [0.4, 0.5) is 4.79 Å². The van der Waals surface area contributed by atoms with Crippen LogP contribution in [0.15, 0.2) is 55.6 Å². The molecule has 1 aliphatic carbocycles. The first-order chi connectivity index (χ1) is 21.4. The predicted octanol–water partition coefficient (Wildman–Crippen LogP) is 5.94. The Kier molecular flexibility index (Phi) is 12.8.